The maximum atomic E-state index is 13.9. The smallest absolute Gasteiger partial charge is 0.310 e. The highest BCUT2D eigenvalue weighted by Gasteiger charge is 2.35. The Morgan fingerprint density at radius 3 is 2.71 bits per heavy atom. The first-order valence-electron chi connectivity index (χ1n) is 11.8. The first kappa shape index (κ1) is 26.1. The lowest BCUT2D eigenvalue weighted by Gasteiger charge is -2.38. The lowest BCUT2D eigenvalue weighted by Crippen LogP contribution is -2.53. The topological polar surface area (TPSA) is 96.5 Å². The number of thiophene rings is 1. The molecule has 2 atom stereocenters. The summed E-state index contributed by atoms with van der Waals surface area (Å²) >= 11 is 1.66. The number of esters is 1. The highest BCUT2D eigenvalue weighted by Crippen LogP contribution is 2.26. The Kier molecular flexibility index (Phi) is 8.65. The van der Waals surface area contributed by atoms with Crippen LogP contribution >= 0.6 is 11.3 Å². The number of carbonyl (C=O) groups is 2. The summed E-state index contributed by atoms with van der Waals surface area (Å²) in [5.41, 5.74) is 0.199. The van der Waals surface area contributed by atoms with E-state index in [1.54, 1.807) is 17.5 Å². The Morgan fingerprint density at radius 2 is 2.09 bits per heavy atom. The third-order valence-corrected chi connectivity index (χ3v) is 6.70. The standard InChI is InChI=1S/C25H37N5O3S/c1-16(2)15-30(18-10-17(11-26-12-18)23(32)33-6)22(31)20-14-28-24(25(3,4)5)29-21(20)27-13-19-8-7-9-34-19/h7-9,14,16-18,26H,10-13,15H2,1-6H3,(H,27,28,29)/t17-,18+/m0/s1. The number of piperidine rings is 1. The average Bonchev–Trinajstić information content (AvgIpc) is 3.33. The SMILES string of the molecule is COC(=O)[C@@H]1CNC[C@H](N(CC(C)C)C(=O)c2cnc(C(C)(C)C)nc2NCc2cccs2)C1. The Balaban J connectivity index is 1.93. The number of rotatable bonds is 8. The van der Waals surface area contributed by atoms with E-state index >= 15 is 0 Å². The van der Waals surface area contributed by atoms with E-state index in [2.05, 4.69) is 56.3 Å². The number of carbonyl (C=O) groups excluding carboxylic acids is 2. The van der Waals surface area contributed by atoms with Gasteiger partial charge in [0.05, 0.1) is 19.6 Å². The van der Waals surface area contributed by atoms with Crippen LogP contribution in [0.15, 0.2) is 23.7 Å². The molecule has 1 aliphatic rings. The first-order valence-corrected chi connectivity index (χ1v) is 12.7. The number of aromatic nitrogens is 2. The van der Waals surface area contributed by atoms with Crippen molar-refractivity contribution >= 4 is 29.0 Å². The highest BCUT2D eigenvalue weighted by atomic mass is 32.1. The number of amides is 1. The van der Waals surface area contributed by atoms with E-state index in [9.17, 15) is 9.59 Å². The van der Waals surface area contributed by atoms with Crippen molar-refractivity contribution in [1.29, 1.82) is 0 Å². The molecule has 9 heteroatoms. The van der Waals surface area contributed by atoms with Crippen molar-refractivity contribution in [2.24, 2.45) is 11.8 Å². The van der Waals surface area contributed by atoms with E-state index in [-0.39, 0.29) is 35.2 Å². The van der Waals surface area contributed by atoms with Crippen molar-refractivity contribution in [3.8, 4) is 0 Å². The van der Waals surface area contributed by atoms with Gasteiger partial charge >= 0.3 is 5.97 Å². The zero-order chi connectivity index (χ0) is 24.9. The molecular weight excluding hydrogens is 450 g/mol. The monoisotopic (exact) mass is 487 g/mol. The van der Waals surface area contributed by atoms with Gasteiger partial charge in [-0.2, -0.15) is 0 Å². The number of nitrogens with zero attached hydrogens (tertiary/aromatic N) is 3. The van der Waals surface area contributed by atoms with Crippen molar-refractivity contribution < 1.29 is 14.3 Å². The molecule has 0 spiro atoms. The first-order chi connectivity index (χ1) is 16.1. The predicted molar refractivity (Wildman–Crippen MR) is 135 cm³/mol. The molecule has 8 nitrogen and oxygen atoms in total. The minimum atomic E-state index is -0.276. The lowest BCUT2D eigenvalue weighted by molar-refractivity contribution is -0.146. The number of nitrogens with one attached hydrogen (secondary N) is 2. The second-order valence-electron chi connectivity index (χ2n) is 10.3. The molecule has 0 saturated carbocycles. The molecule has 0 aromatic carbocycles. The van der Waals surface area contributed by atoms with E-state index in [0.717, 1.165) is 4.88 Å². The Hall–Kier alpha value is -2.52. The molecule has 34 heavy (non-hydrogen) atoms. The van der Waals surface area contributed by atoms with Crippen LogP contribution in [0, 0.1) is 11.8 Å². The van der Waals surface area contributed by atoms with Gasteiger partial charge in [-0.15, -0.1) is 11.3 Å². The van der Waals surface area contributed by atoms with Gasteiger partial charge in [0.25, 0.3) is 5.91 Å². The molecule has 0 radical (unpaired) electrons. The van der Waals surface area contributed by atoms with E-state index in [0.29, 0.717) is 49.8 Å². The van der Waals surface area contributed by atoms with Crippen LogP contribution in [0.2, 0.25) is 0 Å². The molecule has 2 N–H and O–H groups in total. The minimum absolute atomic E-state index is 0.125. The van der Waals surface area contributed by atoms with Gasteiger partial charge in [0.1, 0.15) is 17.2 Å². The molecule has 1 aliphatic heterocycles. The normalized spacial score (nSPS) is 18.6. The fraction of sp³-hybridized carbons (Fsp3) is 0.600. The Labute approximate surface area is 206 Å². The Bertz CT molecular complexity index is 971. The Morgan fingerprint density at radius 1 is 1.32 bits per heavy atom. The zero-order valence-electron chi connectivity index (χ0n) is 21.1. The van der Waals surface area contributed by atoms with Gasteiger partial charge in [0.15, 0.2) is 0 Å². The average molecular weight is 488 g/mol. The van der Waals surface area contributed by atoms with Crippen LogP contribution in [0.3, 0.4) is 0 Å². The summed E-state index contributed by atoms with van der Waals surface area (Å²) in [5.74, 6) is 0.839. The maximum Gasteiger partial charge on any atom is 0.310 e. The van der Waals surface area contributed by atoms with Crippen LogP contribution in [-0.2, 0) is 21.5 Å². The summed E-state index contributed by atoms with van der Waals surface area (Å²) in [6.45, 7) is 12.7. The molecule has 1 amide bonds. The van der Waals surface area contributed by atoms with Crippen LogP contribution < -0.4 is 10.6 Å². The predicted octanol–water partition coefficient (Wildman–Crippen LogP) is 3.70. The molecule has 3 rings (SSSR count). The van der Waals surface area contributed by atoms with Crippen molar-refractivity contribution in [3.63, 3.8) is 0 Å². The number of ether oxygens (including phenoxy) is 1. The minimum Gasteiger partial charge on any atom is -0.469 e. The molecule has 0 bridgehead atoms. The van der Waals surface area contributed by atoms with Gasteiger partial charge < -0.3 is 20.3 Å². The van der Waals surface area contributed by atoms with Crippen molar-refractivity contribution in [1.82, 2.24) is 20.2 Å². The fourth-order valence-electron chi connectivity index (χ4n) is 4.07. The van der Waals surface area contributed by atoms with Gasteiger partial charge in [-0.05, 0) is 23.8 Å². The third-order valence-electron chi connectivity index (χ3n) is 5.83. The quantitative estimate of drug-likeness (QED) is 0.548. The van der Waals surface area contributed by atoms with Crippen molar-refractivity contribution in [3.05, 3.63) is 40.0 Å². The van der Waals surface area contributed by atoms with E-state index in [1.165, 1.54) is 7.11 Å². The van der Waals surface area contributed by atoms with Crippen LogP contribution in [0.4, 0.5) is 5.82 Å². The van der Waals surface area contributed by atoms with Crippen LogP contribution in [0.5, 0.6) is 0 Å². The molecule has 2 aromatic heterocycles. The number of hydrogen-bond acceptors (Lipinski definition) is 8. The zero-order valence-corrected chi connectivity index (χ0v) is 21.9. The molecule has 1 saturated heterocycles. The number of anilines is 1. The molecule has 0 aliphatic carbocycles. The van der Waals surface area contributed by atoms with Crippen molar-refractivity contribution in [2.75, 3.05) is 32.1 Å². The van der Waals surface area contributed by atoms with Gasteiger partial charge in [-0.3, -0.25) is 9.59 Å². The number of hydrogen-bond donors (Lipinski definition) is 2. The molecule has 186 valence electrons. The molecule has 3 heterocycles. The second kappa shape index (κ2) is 11.3. The van der Waals surface area contributed by atoms with Crippen LogP contribution in [-0.4, -0.2) is 59.5 Å². The molecule has 1 fully saturated rings. The van der Waals surface area contributed by atoms with Gasteiger partial charge in [0.2, 0.25) is 0 Å². The largest absolute Gasteiger partial charge is 0.469 e. The van der Waals surface area contributed by atoms with Gasteiger partial charge in [-0.1, -0.05) is 40.7 Å². The summed E-state index contributed by atoms with van der Waals surface area (Å²) in [7, 11) is 1.41. The second-order valence-corrected chi connectivity index (χ2v) is 11.3. The van der Waals surface area contributed by atoms with Crippen LogP contribution in [0.1, 0.15) is 62.1 Å². The van der Waals surface area contributed by atoms with Gasteiger partial charge in [-0.25, -0.2) is 9.97 Å². The third kappa shape index (κ3) is 6.54. The summed E-state index contributed by atoms with van der Waals surface area (Å²) in [4.78, 5) is 38.5. The van der Waals surface area contributed by atoms with Crippen molar-refractivity contribution in [2.45, 2.75) is 59.0 Å². The van der Waals surface area contributed by atoms with E-state index in [1.807, 2.05) is 16.3 Å². The van der Waals surface area contributed by atoms with E-state index < -0.39 is 0 Å². The summed E-state index contributed by atoms with van der Waals surface area (Å²) in [6, 6.07) is 3.93. The maximum absolute atomic E-state index is 13.9. The lowest BCUT2D eigenvalue weighted by atomic mass is 9.93. The highest BCUT2D eigenvalue weighted by molar-refractivity contribution is 7.09. The van der Waals surface area contributed by atoms with Gasteiger partial charge in [0, 0.05) is 42.2 Å². The number of methoxy groups -OCH3 is 1. The summed E-state index contributed by atoms with van der Waals surface area (Å²) < 4.78 is 4.96. The summed E-state index contributed by atoms with van der Waals surface area (Å²) in [5, 5.41) is 8.72. The molecule has 0 unspecified atom stereocenters. The molecular formula is C25H37N5O3S. The molecule has 2 aromatic rings. The fourth-order valence-corrected chi connectivity index (χ4v) is 4.71. The van der Waals surface area contributed by atoms with E-state index in [4.69, 9.17) is 9.72 Å². The summed E-state index contributed by atoms with van der Waals surface area (Å²) in [6.07, 6.45) is 2.21. The van der Waals surface area contributed by atoms with Crippen LogP contribution in [0.25, 0.3) is 0 Å².